The van der Waals surface area contributed by atoms with Crippen LogP contribution in [0.25, 0.3) is 0 Å². The van der Waals surface area contributed by atoms with Crippen LogP contribution in [-0.2, 0) is 21.3 Å². The van der Waals surface area contributed by atoms with Crippen LogP contribution >= 0.6 is 0 Å². The number of ether oxygens (including phenoxy) is 1. The van der Waals surface area contributed by atoms with Crippen molar-refractivity contribution in [1.82, 2.24) is 14.2 Å². The largest absolute Gasteiger partial charge is 0.379 e. The highest BCUT2D eigenvalue weighted by molar-refractivity contribution is 7.89. The normalized spacial score (nSPS) is 19.6. The molecule has 4 rings (SSSR count). The SMILES string of the molecule is Cc1ccccc1CN1CCC(Nc2ccc(S(=O)(=O)N3CCOCC3)cn2)CC1. The van der Waals surface area contributed by atoms with Gasteiger partial charge < -0.3 is 10.1 Å². The van der Waals surface area contributed by atoms with E-state index in [9.17, 15) is 8.42 Å². The van der Waals surface area contributed by atoms with Crippen LogP contribution in [0.3, 0.4) is 0 Å². The van der Waals surface area contributed by atoms with Crippen LogP contribution in [0.2, 0.25) is 0 Å². The predicted molar refractivity (Wildman–Crippen MR) is 117 cm³/mol. The van der Waals surface area contributed by atoms with E-state index in [0.29, 0.717) is 32.3 Å². The van der Waals surface area contributed by atoms with Gasteiger partial charge in [-0.05, 0) is 43.0 Å². The summed E-state index contributed by atoms with van der Waals surface area (Å²) in [5.74, 6) is 0.730. The number of piperidine rings is 1. The van der Waals surface area contributed by atoms with Gasteiger partial charge in [-0.25, -0.2) is 13.4 Å². The number of hydrogen-bond acceptors (Lipinski definition) is 6. The van der Waals surface area contributed by atoms with Crippen LogP contribution in [0.15, 0.2) is 47.5 Å². The van der Waals surface area contributed by atoms with Crippen molar-refractivity contribution in [2.45, 2.75) is 37.2 Å². The lowest BCUT2D eigenvalue weighted by molar-refractivity contribution is 0.0730. The molecule has 7 nitrogen and oxygen atoms in total. The van der Waals surface area contributed by atoms with Gasteiger partial charge in [-0.1, -0.05) is 24.3 Å². The van der Waals surface area contributed by atoms with Crippen LogP contribution in [0.4, 0.5) is 5.82 Å². The Morgan fingerprint density at radius 3 is 2.47 bits per heavy atom. The number of morpholine rings is 1. The average molecular weight is 431 g/mol. The van der Waals surface area contributed by atoms with E-state index in [1.54, 1.807) is 12.1 Å². The third-order valence-corrected chi connectivity index (χ3v) is 7.82. The third kappa shape index (κ3) is 5.00. The minimum atomic E-state index is -3.50. The van der Waals surface area contributed by atoms with Crippen molar-refractivity contribution in [3.8, 4) is 0 Å². The van der Waals surface area contributed by atoms with Gasteiger partial charge >= 0.3 is 0 Å². The van der Waals surface area contributed by atoms with Crippen molar-refractivity contribution in [3.63, 3.8) is 0 Å². The summed E-state index contributed by atoms with van der Waals surface area (Å²) in [7, 11) is -3.50. The van der Waals surface area contributed by atoms with Gasteiger partial charge in [0.25, 0.3) is 0 Å². The van der Waals surface area contributed by atoms with E-state index in [1.807, 2.05) is 0 Å². The molecule has 0 radical (unpaired) electrons. The van der Waals surface area contributed by atoms with E-state index < -0.39 is 10.0 Å². The van der Waals surface area contributed by atoms with Crippen LogP contribution < -0.4 is 5.32 Å². The maximum atomic E-state index is 12.7. The first-order valence-electron chi connectivity index (χ1n) is 10.6. The third-order valence-electron chi connectivity index (χ3n) is 5.94. The smallest absolute Gasteiger partial charge is 0.244 e. The topological polar surface area (TPSA) is 74.8 Å². The molecule has 0 unspecified atom stereocenters. The molecule has 0 spiro atoms. The number of hydrogen-bond donors (Lipinski definition) is 1. The Morgan fingerprint density at radius 1 is 1.07 bits per heavy atom. The van der Waals surface area contributed by atoms with Crippen LogP contribution in [0.1, 0.15) is 24.0 Å². The molecule has 0 amide bonds. The number of benzene rings is 1. The number of nitrogens with zero attached hydrogens (tertiary/aromatic N) is 3. The van der Waals surface area contributed by atoms with E-state index in [4.69, 9.17) is 4.74 Å². The molecule has 2 aromatic rings. The molecule has 1 aromatic heterocycles. The van der Waals surface area contributed by atoms with Gasteiger partial charge in [0.2, 0.25) is 10.0 Å². The summed E-state index contributed by atoms with van der Waals surface area (Å²) in [6, 6.07) is 12.3. The van der Waals surface area contributed by atoms with Gasteiger partial charge in [0.05, 0.1) is 13.2 Å². The molecular formula is C22H30N4O3S. The van der Waals surface area contributed by atoms with E-state index in [2.05, 4.69) is 46.4 Å². The standard InChI is InChI=1S/C22H30N4O3S/c1-18-4-2-3-5-19(18)17-25-10-8-20(9-11-25)24-22-7-6-21(16-23-22)30(27,28)26-12-14-29-15-13-26/h2-7,16,20H,8-15,17H2,1H3,(H,23,24). The molecule has 2 aliphatic heterocycles. The molecule has 0 bridgehead atoms. The maximum absolute atomic E-state index is 12.7. The Balaban J connectivity index is 1.30. The second-order valence-corrected chi connectivity index (χ2v) is 9.95. The second-order valence-electron chi connectivity index (χ2n) is 8.02. The predicted octanol–water partition coefficient (Wildman–Crippen LogP) is 2.49. The fraction of sp³-hybridized carbons (Fsp3) is 0.500. The number of anilines is 1. The minimum Gasteiger partial charge on any atom is -0.379 e. The van der Waals surface area contributed by atoms with E-state index in [0.717, 1.165) is 38.3 Å². The molecule has 1 N–H and O–H groups in total. The lowest BCUT2D eigenvalue weighted by Crippen LogP contribution is -2.40. The Kier molecular flexibility index (Phi) is 6.67. The number of sulfonamides is 1. The molecule has 2 saturated heterocycles. The van der Waals surface area contributed by atoms with Gasteiger partial charge in [0.15, 0.2) is 0 Å². The highest BCUT2D eigenvalue weighted by atomic mass is 32.2. The average Bonchev–Trinajstić information content (AvgIpc) is 2.78. The first-order valence-corrected chi connectivity index (χ1v) is 12.0. The molecule has 8 heteroatoms. The number of pyridine rings is 1. The lowest BCUT2D eigenvalue weighted by atomic mass is 10.0. The van der Waals surface area contributed by atoms with Gasteiger partial charge in [0, 0.05) is 45.0 Å². The molecular weight excluding hydrogens is 400 g/mol. The summed E-state index contributed by atoms with van der Waals surface area (Å²) in [6.07, 6.45) is 3.54. The minimum absolute atomic E-state index is 0.239. The second kappa shape index (κ2) is 9.43. The number of aryl methyl sites for hydroxylation is 1. The monoisotopic (exact) mass is 430 g/mol. The Hall–Kier alpha value is -2.00. The van der Waals surface area contributed by atoms with Crippen molar-refractivity contribution >= 4 is 15.8 Å². The van der Waals surface area contributed by atoms with Gasteiger partial charge in [-0.3, -0.25) is 4.90 Å². The highest BCUT2D eigenvalue weighted by Gasteiger charge is 2.27. The summed E-state index contributed by atoms with van der Waals surface area (Å²) in [6.45, 7) is 6.89. The zero-order valence-corrected chi connectivity index (χ0v) is 18.3. The number of aromatic nitrogens is 1. The molecule has 0 saturated carbocycles. The Labute approximate surface area is 179 Å². The van der Waals surface area contributed by atoms with Crippen molar-refractivity contribution in [2.75, 3.05) is 44.7 Å². The van der Waals surface area contributed by atoms with Gasteiger partial charge in [0.1, 0.15) is 10.7 Å². The fourth-order valence-corrected chi connectivity index (χ4v) is 5.38. The number of nitrogens with one attached hydrogen (secondary N) is 1. The summed E-state index contributed by atoms with van der Waals surface area (Å²) < 4.78 is 32.1. The number of likely N-dealkylation sites (tertiary alicyclic amines) is 1. The van der Waals surface area contributed by atoms with Crippen molar-refractivity contribution < 1.29 is 13.2 Å². The zero-order valence-electron chi connectivity index (χ0n) is 17.5. The summed E-state index contributed by atoms with van der Waals surface area (Å²) in [5, 5.41) is 3.47. The van der Waals surface area contributed by atoms with Crippen LogP contribution in [0, 0.1) is 6.92 Å². The lowest BCUT2D eigenvalue weighted by Gasteiger charge is -2.33. The molecule has 2 aliphatic rings. The van der Waals surface area contributed by atoms with E-state index in [1.165, 1.54) is 21.6 Å². The van der Waals surface area contributed by atoms with Crippen LogP contribution in [0.5, 0.6) is 0 Å². The molecule has 2 fully saturated rings. The highest BCUT2D eigenvalue weighted by Crippen LogP contribution is 2.21. The summed E-state index contributed by atoms with van der Waals surface area (Å²) in [4.78, 5) is 7.10. The Bertz CT molecular complexity index is 935. The molecule has 162 valence electrons. The summed E-state index contributed by atoms with van der Waals surface area (Å²) in [5.41, 5.74) is 2.73. The zero-order chi connectivity index (χ0) is 21.0. The fourth-order valence-electron chi connectivity index (χ4n) is 4.03. The molecule has 0 atom stereocenters. The first-order chi connectivity index (χ1) is 14.5. The first kappa shape index (κ1) is 21.2. The molecule has 3 heterocycles. The van der Waals surface area contributed by atoms with Crippen molar-refractivity contribution in [3.05, 3.63) is 53.7 Å². The quantitative estimate of drug-likeness (QED) is 0.759. The molecule has 30 heavy (non-hydrogen) atoms. The molecule has 0 aliphatic carbocycles. The van der Waals surface area contributed by atoms with Crippen molar-refractivity contribution in [2.24, 2.45) is 0 Å². The van der Waals surface area contributed by atoms with Crippen LogP contribution in [-0.4, -0.2) is 68.0 Å². The van der Waals surface area contributed by atoms with Gasteiger partial charge in [-0.2, -0.15) is 4.31 Å². The summed E-state index contributed by atoms with van der Waals surface area (Å²) >= 11 is 0. The molecule has 1 aromatic carbocycles. The Morgan fingerprint density at radius 2 is 1.80 bits per heavy atom. The van der Waals surface area contributed by atoms with E-state index in [-0.39, 0.29) is 4.90 Å². The van der Waals surface area contributed by atoms with Crippen molar-refractivity contribution in [1.29, 1.82) is 0 Å². The van der Waals surface area contributed by atoms with Gasteiger partial charge in [-0.15, -0.1) is 0 Å². The maximum Gasteiger partial charge on any atom is 0.244 e. The number of rotatable bonds is 6. The van der Waals surface area contributed by atoms with E-state index >= 15 is 0 Å².